The van der Waals surface area contributed by atoms with E-state index in [0.29, 0.717) is 23.3 Å². The predicted molar refractivity (Wildman–Crippen MR) is 103 cm³/mol. The van der Waals surface area contributed by atoms with Crippen LogP contribution >= 0.6 is 11.6 Å². The molecule has 0 fully saturated rings. The Bertz CT molecular complexity index is 687. The molecular formula is C18H26ClN5O2. The molecule has 2 rings (SSSR count). The van der Waals surface area contributed by atoms with Crippen molar-refractivity contribution in [2.75, 3.05) is 19.6 Å². The van der Waals surface area contributed by atoms with E-state index in [0.717, 1.165) is 37.6 Å². The van der Waals surface area contributed by atoms with Gasteiger partial charge in [0.15, 0.2) is 11.8 Å². The van der Waals surface area contributed by atoms with Gasteiger partial charge < -0.3 is 19.9 Å². The first kappa shape index (κ1) is 20.0. The topological polar surface area (TPSA) is 84.6 Å². The van der Waals surface area contributed by atoms with Crippen LogP contribution in [0.25, 0.3) is 0 Å². The lowest BCUT2D eigenvalue weighted by molar-refractivity contribution is 0.230. The standard InChI is InChI=1S/C18H26ClN5O2/c1-4-20-18(21-11-5-6-17-23-14(3)24-26-17)22-12-13(2)25-16-9-7-15(19)8-10-16/h7-10,13H,4-6,11-12H2,1-3H3,(H2,20,21,22). The Hall–Kier alpha value is -2.28. The highest BCUT2D eigenvalue weighted by Crippen LogP contribution is 2.16. The molecule has 2 aromatic rings. The minimum absolute atomic E-state index is 0.0481. The number of halogens is 1. The van der Waals surface area contributed by atoms with Gasteiger partial charge in [-0.15, -0.1) is 0 Å². The van der Waals surface area contributed by atoms with Crippen LogP contribution in [-0.2, 0) is 6.42 Å². The lowest BCUT2D eigenvalue weighted by Crippen LogP contribution is -2.38. The number of nitrogens with zero attached hydrogens (tertiary/aromatic N) is 3. The second kappa shape index (κ2) is 10.7. The van der Waals surface area contributed by atoms with Crippen molar-refractivity contribution in [3.05, 3.63) is 41.0 Å². The maximum atomic E-state index is 5.88. The minimum atomic E-state index is -0.0481. The van der Waals surface area contributed by atoms with Crippen LogP contribution in [0.2, 0.25) is 5.02 Å². The second-order valence-corrected chi connectivity index (χ2v) is 6.30. The van der Waals surface area contributed by atoms with Crippen LogP contribution < -0.4 is 15.4 Å². The Morgan fingerprint density at radius 3 is 2.73 bits per heavy atom. The van der Waals surface area contributed by atoms with E-state index in [-0.39, 0.29) is 6.10 Å². The van der Waals surface area contributed by atoms with Crippen molar-refractivity contribution in [2.24, 2.45) is 4.99 Å². The largest absolute Gasteiger partial charge is 0.489 e. The summed E-state index contributed by atoms with van der Waals surface area (Å²) in [6.07, 6.45) is 1.57. The summed E-state index contributed by atoms with van der Waals surface area (Å²) in [6, 6.07) is 7.32. The average Bonchev–Trinajstić information content (AvgIpc) is 3.03. The van der Waals surface area contributed by atoms with E-state index in [1.165, 1.54) is 0 Å². The molecule has 0 radical (unpaired) electrons. The van der Waals surface area contributed by atoms with Crippen LogP contribution in [0.5, 0.6) is 5.75 Å². The number of nitrogens with one attached hydrogen (secondary N) is 2. The zero-order valence-electron chi connectivity index (χ0n) is 15.5. The molecule has 0 aliphatic rings. The molecule has 26 heavy (non-hydrogen) atoms. The monoisotopic (exact) mass is 379 g/mol. The summed E-state index contributed by atoms with van der Waals surface area (Å²) in [5.74, 6) is 2.87. The van der Waals surface area contributed by atoms with E-state index < -0.39 is 0 Å². The number of hydrogen-bond donors (Lipinski definition) is 2. The van der Waals surface area contributed by atoms with Crippen molar-refractivity contribution in [3.8, 4) is 5.75 Å². The maximum absolute atomic E-state index is 5.88. The van der Waals surface area contributed by atoms with Crippen LogP contribution in [0.15, 0.2) is 33.8 Å². The Morgan fingerprint density at radius 1 is 1.31 bits per heavy atom. The molecule has 0 bridgehead atoms. The van der Waals surface area contributed by atoms with Gasteiger partial charge in [0, 0.05) is 24.5 Å². The summed E-state index contributed by atoms with van der Waals surface area (Å²) in [4.78, 5) is 8.76. The van der Waals surface area contributed by atoms with Gasteiger partial charge in [-0.1, -0.05) is 16.8 Å². The van der Waals surface area contributed by atoms with Gasteiger partial charge in [-0.25, -0.2) is 4.99 Å². The fourth-order valence-corrected chi connectivity index (χ4v) is 2.36. The van der Waals surface area contributed by atoms with Gasteiger partial charge >= 0.3 is 0 Å². The van der Waals surface area contributed by atoms with Crippen LogP contribution in [0, 0.1) is 6.92 Å². The highest BCUT2D eigenvalue weighted by Gasteiger charge is 2.06. The molecule has 1 aromatic carbocycles. The third kappa shape index (κ3) is 7.31. The fourth-order valence-electron chi connectivity index (χ4n) is 2.23. The van der Waals surface area contributed by atoms with E-state index in [4.69, 9.17) is 20.9 Å². The summed E-state index contributed by atoms with van der Waals surface area (Å²) >= 11 is 5.88. The molecule has 1 heterocycles. The first-order valence-corrected chi connectivity index (χ1v) is 9.18. The second-order valence-electron chi connectivity index (χ2n) is 5.87. The maximum Gasteiger partial charge on any atom is 0.226 e. The van der Waals surface area contributed by atoms with E-state index in [1.807, 2.05) is 45.0 Å². The van der Waals surface area contributed by atoms with E-state index in [1.54, 1.807) is 0 Å². The minimum Gasteiger partial charge on any atom is -0.489 e. The first-order chi connectivity index (χ1) is 12.6. The molecule has 7 nitrogen and oxygen atoms in total. The highest BCUT2D eigenvalue weighted by molar-refractivity contribution is 6.30. The fraction of sp³-hybridized carbons (Fsp3) is 0.500. The van der Waals surface area contributed by atoms with Crippen molar-refractivity contribution in [3.63, 3.8) is 0 Å². The summed E-state index contributed by atoms with van der Waals surface area (Å²) in [5, 5.41) is 11.0. The van der Waals surface area contributed by atoms with Gasteiger partial charge in [0.25, 0.3) is 0 Å². The molecule has 0 amide bonds. The summed E-state index contributed by atoms with van der Waals surface area (Å²) in [5.41, 5.74) is 0. The molecule has 8 heteroatoms. The average molecular weight is 380 g/mol. The van der Waals surface area contributed by atoms with Gasteiger partial charge in [0.1, 0.15) is 11.9 Å². The molecule has 0 spiro atoms. The normalized spacial score (nSPS) is 12.7. The quantitative estimate of drug-likeness (QED) is 0.396. The van der Waals surface area contributed by atoms with E-state index in [9.17, 15) is 0 Å². The van der Waals surface area contributed by atoms with Crippen LogP contribution in [0.4, 0.5) is 0 Å². The third-order valence-corrected chi connectivity index (χ3v) is 3.68. The number of rotatable bonds is 9. The molecule has 142 valence electrons. The van der Waals surface area contributed by atoms with Crippen LogP contribution in [-0.4, -0.2) is 41.8 Å². The molecule has 1 aromatic heterocycles. The number of guanidine groups is 1. The van der Waals surface area contributed by atoms with Gasteiger partial charge in [-0.05, 0) is 51.5 Å². The lowest BCUT2D eigenvalue weighted by Gasteiger charge is -2.15. The zero-order valence-corrected chi connectivity index (χ0v) is 16.2. The van der Waals surface area contributed by atoms with Crippen molar-refractivity contribution >= 4 is 17.6 Å². The van der Waals surface area contributed by atoms with Crippen molar-refractivity contribution < 1.29 is 9.26 Å². The predicted octanol–water partition coefficient (Wildman–Crippen LogP) is 2.99. The number of aromatic nitrogens is 2. The van der Waals surface area contributed by atoms with Gasteiger partial charge in [0.2, 0.25) is 5.89 Å². The third-order valence-electron chi connectivity index (χ3n) is 3.43. The van der Waals surface area contributed by atoms with Gasteiger partial charge in [-0.2, -0.15) is 4.98 Å². The van der Waals surface area contributed by atoms with Crippen LogP contribution in [0.1, 0.15) is 32.0 Å². The van der Waals surface area contributed by atoms with Crippen molar-refractivity contribution in [1.29, 1.82) is 0 Å². The first-order valence-electron chi connectivity index (χ1n) is 8.80. The molecular weight excluding hydrogens is 354 g/mol. The summed E-state index contributed by atoms with van der Waals surface area (Å²) < 4.78 is 10.9. The smallest absolute Gasteiger partial charge is 0.226 e. The van der Waals surface area contributed by atoms with Crippen LogP contribution in [0.3, 0.4) is 0 Å². The molecule has 0 aliphatic carbocycles. The molecule has 1 unspecified atom stereocenters. The SMILES string of the molecule is CCNC(=NCC(C)Oc1ccc(Cl)cc1)NCCCc1nc(C)no1. The molecule has 1 atom stereocenters. The Morgan fingerprint density at radius 2 is 2.08 bits per heavy atom. The number of hydrogen-bond acceptors (Lipinski definition) is 5. The number of ether oxygens (including phenoxy) is 1. The number of aryl methyl sites for hydroxylation is 2. The van der Waals surface area contributed by atoms with Crippen molar-refractivity contribution in [2.45, 2.75) is 39.7 Å². The molecule has 2 N–H and O–H groups in total. The number of aliphatic imine (C=N–C) groups is 1. The Labute approximate surface area is 159 Å². The molecule has 0 aliphatic heterocycles. The zero-order chi connectivity index (χ0) is 18.8. The van der Waals surface area contributed by atoms with Gasteiger partial charge in [-0.3, -0.25) is 0 Å². The number of benzene rings is 1. The Kier molecular flexibility index (Phi) is 8.21. The summed E-state index contributed by atoms with van der Waals surface area (Å²) in [7, 11) is 0. The van der Waals surface area contributed by atoms with Crippen molar-refractivity contribution in [1.82, 2.24) is 20.8 Å². The lowest BCUT2D eigenvalue weighted by atomic mass is 10.3. The van der Waals surface area contributed by atoms with E-state index in [2.05, 4.69) is 25.8 Å². The van der Waals surface area contributed by atoms with Gasteiger partial charge in [0.05, 0.1) is 6.54 Å². The van der Waals surface area contributed by atoms with E-state index >= 15 is 0 Å². The summed E-state index contributed by atoms with van der Waals surface area (Å²) in [6.45, 7) is 7.93. The molecule has 0 saturated carbocycles. The Balaban J connectivity index is 1.74. The highest BCUT2D eigenvalue weighted by atomic mass is 35.5. The molecule has 0 saturated heterocycles.